The summed E-state index contributed by atoms with van der Waals surface area (Å²) in [6.45, 7) is 2.26. The molecule has 1 aliphatic rings. The van der Waals surface area contributed by atoms with E-state index >= 15 is 0 Å². The lowest BCUT2D eigenvalue weighted by Gasteiger charge is -2.34. The highest BCUT2D eigenvalue weighted by Crippen LogP contribution is 2.38. The predicted octanol–water partition coefficient (Wildman–Crippen LogP) is 2.47. The number of nitrogens with one attached hydrogen (secondary N) is 1. The van der Waals surface area contributed by atoms with Gasteiger partial charge in [-0.05, 0) is 6.54 Å². The Labute approximate surface area is 70.3 Å². The molecule has 0 aromatic carbocycles. The molecule has 0 bridgehead atoms. The Kier molecular flexibility index (Phi) is 2.66. The summed E-state index contributed by atoms with van der Waals surface area (Å²) >= 11 is 0. The first-order valence-corrected chi connectivity index (χ1v) is 4.29. The van der Waals surface area contributed by atoms with E-state index in [0.717, 1.165) is 0 Å². The Morgan fingerprint density at radius 2 is 1.58 bits per heavy atom. The summed E-state index contributed by atoms with van der Waals surface area (Å²) in [5.41, 5.74) is 0. The lowest BCUT2D eigenvalue weighted by Crippen LogP contribution is -2.46. The van der Waals surface area contributed by atoms with E-state index in [2.05, 4.69) is 5.32 Å². The third kappa shape index (κ3) is 2.37. The first-order chi connectivity index (χ1) is 5.47. The van der Waals surface area contributed by atoms with Gasteiger partial charge in [-0.25, -0.2) is 13.2 Å². The smallest absolute Gasteiger partial charge is 0.248 e. The molecule has 0 aromatic rings. The van der Waals surface area contributed by atoms with E-state index in [4.69, 9.17) is 0 Å². The van der Waals surface area contributed by atoms with Crippen LogP contribution in [0, 0.1) is 0 Å². The molecule has 0 radical (unpaired) electrons. The van der Waals surface area contributed by atoms with Crippen molar-refractivity contribution in [2.45, 2.75) is 44.3 Å². The lowest BCUT2D eigenvalue weighted by atomic mass is 9.90. The van der Waals surface area contributed by atoms with Gasteiger partial charge in [0, 0.05) is 25.7 Å². The molecule has 1 N–H and O–H groups in total. The second-order valence-electron chi connectivity index (χ2n) is 3.35. The largest absolute Gasteiger partial charge is 0.286 e. The quantitative estimate of drug-likeness (QED) is 0.645. The normalized spacial score (nSPS) is 27.0. The van der Waals surface area contributed by atoms with Crippen LogP contribution in [-0.4, -0.2) is 18.3 Å². The van der Waals surface area contributed by atoms with E-state index in [1.807, 2.05) is 0 Å². The van der Waals surface area contributed by atoms with E-state index in [1.54, 1.807) is 6.92 Å². The first-order valence-electron chi connectivity index (χ1n) is 4.29. The van der Waals surface area contributed by atoms with Gasteiger partial charge in [0.05, 0.1) is 0 Å². The van der Waals surface area contributed by atoms with Crippen molar-refractivity contribution in [2.24, 2.45) is 0 Å². The van der Waals surface area contributed by atoms with E-state index in [1.165, 1.54) is 0 Å². The maximum atomic E-state index is 13.5. The Morgan fingerprint density at radius 1 is 1.08 bits per heavy atom. The molecule has 1 fully saturated rings. The average molecular weight is 181 g/mol. The number of hydrogen-bond acceptors (Lipinski definition) is 1. The third-order valence-electron chi connectivity index (χ3n) is 2.27. The lowest BCUT2D eigenvalue weighted by molar-refractivity contribution is -0.0842. The van der Waals surface area contributed by atoms with Crippen LogP contribution in [0.5, 0.6) is 0 Å². The fourth-order valence-electron chi connectivity index (χ4n) is 1.51. The van der Waals surface area contributed by atoms with Crippen LogP contribution in [0.3, 0.4) is 0 Å². The summed E-state index contributed by atoms with van der Waals surface area (Å²) in [6, 6.07) is 0. The fraction of sp³-hybridized carbons (Fsp3) is 1.00. The van der Waals surface area contributed by atoms with E-state index < -0.39 is 11.7 Å². The van der Waals surface area contributed by atoms with E-state index in [-0.39, 0.29) is 25.7 Å². The maximum Gasteiger partial charge on any atom is 0.248 e. The van der Waals surface area contributed by atoms with Gasteiger partial charge >= 0.3 is 0 Å². The number of halogens is 3. The van der Waals surface area contributed by atoms with E-state index in [0.29, 0.717) is 6.54 Å². The zero-order chi connectivity index (χ0) is 9.24. The topological polar surface area (TPSA) is 12.0 Å². The van der Waals surface area contributed by atoms with Crippen LogP contribution in [0.25, 0.3) is 0 Å². The molecule has 4 heteroatoms. The Balaban J connectivity index is 2.44. The summed E-state index contributed by atoms with van der Waals surface area (Å²) in [5.74, 6) is -4.19. The Hall–Kier alpha value is -0.250. The molecule has 1 saturated carbocycles. The molecule has 0 atom stereocenters. The summed E-state index contributed by atoms with van der Waals surface area (Å²) < 4.78 is 38.7. The summed E-state index contributed by atoms with van der Waals surface area (Å²) in [4.78, 5) is 0. The predicted molar refractivity (Wildman–Crippen MR) is 40.9 cm³/mol. The van der Waals surface area contributed by atoms with Gasteiger partial charge in [-0.15, -0.1) is 0 Å². The van der Waals surface area contributed by atoms with Crippen LogP contribution < -0.4 is 5.32 Å². The zero-order valence-corrected chi connectivity index (χ0v) is 7.17. The van der Waals surface area contributed by atoms with Gasteiger partial charge < -0.3 is 0 Å². The van der Waals surface area contributed by atoms with Crippen LogP contribution in [-0.2, 0) is 0 Å². The van der Waals surface area contributed by atoms with Crippen molar-refractivity contribution >= 4 is 0 Å². The van der Waals surface area contributed by atoms with Gasteiger partial charge in [0.1, 0.15) is 0 Å². The van der Waals surface area contributed by atoms with Crippen molar-refractivity contribution in [1.29, 1.82) is 0 Å². The number of alkyl halides is 3. The average Bonchev–Trinajstić information content (AvgIpc) is 1.98. The van der Waals surface area contributed by atoms with Crippen LogP contribution in [0.15, 0.2) is 0 Å². The van der Waals surface area contributed by atoms with Gasteiger partial charge in [-0.1, -0.05) is 6.92 Å². The highest BCUT2D eigenvalue weighted by molar-refractivity contribution is 4.86. The number of rotatable bonds is 2. The molecular weight excluding hydrogens is 167 g/mol. The van der Waals surface area contributed by atoms with Crippen LogP contribution >= 0.6 is 0 Å². The van der Waals surface area contributed by atoms with Crippen molar-refractivity contribution in [2.75, 3.05) is 6.54 Å². The third-order valence-corrected chi connectivity index (χ3v) is 2.27. The molecular formula is C8H14F3N. The summed E-state index contributed by atoms with van der Waals surface area (Å²) in [6.07, 6.45) is -0.825. The molecule has 1 aliphatic carbocycles. The standard InChI is InChI=1S/C8H14F3N/c1-2-12-8(11)5-3-7(9,10)4-6-8/h12H,2-6H2,1H3. The van der Waals surface area contributed by atoms with Gasteiger partial charge in [0.25, 0.3) is 0 Å². The first kappa shape index (κ1) is 9.84. The monoisotopic (exact) mass is 181 g/mol. The van der Waals surface area contributed by atoms with Gasteiger partial charge in [0.2, 0.25) is 5.92 Å². The molecule has 0 unspecified atom stereocenters. The summed E-state index contributed by atoms with van der Waals surface area (Å²) in [7, 11) is 0. The fourth-order valence-corrected chi connectivity index (χ4v) is 1.51. The SMILES string of the molecule is CCNC1(F)CCC(F)(F)CC1. The molecule has 0 amide bonds. The molecule has 0 saturated heterocycles. The van der Waals surface area contributed by atoms with Gasteiger partial charge in [0.15, 0.2) is 5.79 Å². The van der Waals surface area contributed by atoms with Crippen molar-refractivity contribution in [3.63, 3.8) is 0 Å². The molecule has 0 heterocycles. The molecule has 12 heavy (non-hydrogen) atoms. The second kappa shape index (κ2) is 3.24. The molecule has 1 nitrogen and oxygen atoms in total. The molecule has 0 aliphatic heterocycles. The second-order valence-corrected chi connectivity index (χ2v) is 3.35. The van der Waals surface area contributed by atoms with Crippen molar-refractivity contribution in [1.82, 2.24) is 5.32 Å². The summed E-state index contributed by atoms with van der Waals surface area (Å²) in [5, 5.41) is 2.60. The van der Waals surface area contributed by atoms with Crippen molar-refractivity contribution in [3.8, 4) is 0 Å². The highest BCUT2D eigenvalue weighted by atomic mass is 19.3. The molecule has 0 aromatic heterocycles. The van der Waals surface area contributed by atoms with Crippen molar-refractivity contribution < 1.29 is 13.2 Å². The maximum absolute atomic E-state index is 13.5. The van der Waals surface area contributed by atoms with Crippen LogP contribution in [0.2, 0.25) is 0 Å². The number of hydrogen-bond donors (Lipinski definition) is 1. The Bertz CT molecular complexity index is 148. The molecule has 0 spiro atoms. The van der Waals surface area contributed by atoms with Crippen LogP contribution in [0.1, 0.15) is 32.6 Å². The Morgan fingerprint density at radius 3 is 2.00 bits per heavy atom. The van der Waals surface area contributed by atoms with Crippen molar-refractivity contribution in [3.05, 3.63) is 0 Å². The molecule has 72 valence electrons. The highest BCUT2D eigenvalue weighted by Gasteiger charge is 2.43. The minimum atomic E-state index is -2.65. The van der Waals surface area contributed by atoms with Gasteiger partial charge in [-0.3, -0.25) is 5.32 Å². The van der Waals surface area contributed by atoms with Crippen LogP contribution in [0.4, 0.5) is 13.2 Å². The zero-order valence-electron chi connectivity index (χ0n) is 7.17. The molecule has 1 rings (SSSR count). The van der Waals surface area contributed by atoms with Gasteiger partial charge in [-0.2, -0.15) is 0 Å². The minimum absolute atomic E-state index is 0.0756. The minimum Gasteiger partial charge on any atom is -0.286 e. The van der Waals surface area contributed by atoms with E-state index in [9.17, 15) is 13.2 Å².